The van der Waals surface area contributed by atoms with Crippen LogP contribution in [0.15, 0.2) is 24.3 Å². The molecule has 0 bridgehead atoms. The Labute approximate surface area is 117 Å². The fourth-order valence-electron chi connectivity index (χ4n) is 1.51. The van der Waals surface area contributed by atoms with E-state index in [1.807, 2.05) is 6.26 Å². The Hall–Kier alpha value is -1.40. The zero-order chi connectivity index (χ0) is 14.3. The van der Waals surface area contributed by atoms with E-state index in [1.165, 1.54) is 11.8 Å². The number of amides is 2. The van der Waals surface area contributed by atoms with Crippen LogP contribution in [-0.4, -0.2) is 42.4 Å². The van der Waals surface area contributed by atoms with Crippen molar-refractivity contribution in [2.24, 2.45) is 0 Å². The summed E-state index contributed by atoms with van der Waals surface area (Å²) in [5.41, 5.74) is -0.271. The van der Waals surface area contributed by atoms with E-state index in [4.69, 9.17) is 4.74 Å². The highest BCUT2D eigenvalue weighted by Crippen LogP contribution is 2.16. The minimum absolute atomic E-state index is 0.198. The van der Waals surface area contributed by atoms with E-state index in [0.29, 0.717) is 17.2 Å². The molecule has 0 saturated carbocycles. The number of aliphatic hydroxyl groups is 1. The number of anilines is 1. The molecule has 0 spiro atoms. The minimum atomic E-state index is -0.912. The van der Waals surface area contributed by atoms with Gasteiger partial charge in [-0.2, -0.15) is 11.8 Å². The number of ether oxygens (including phenoxy) is 1. The SMILES string of the molecule is COc1cccc(NC(=O)NC[C@](C)(O)CSC)c1. The van der Waals surface area contributed by atoms with E-state index in [1.54, 1.807) is 38.3 Å². The van der Waals surface area contributed by atoms with Crippen molar-refractivity contribution in [2.75, 3.05) is 31.0 Å². The Kier molecular flexibility index (Phi) is 5.98. The lowest BCUT2D eigenvalue weighted by Gasteiger charge is -2.22. The summed E-state index contributed by atoms with van der Waals surface area (Å²) in [7, 11) is 1.57. The summed E-state index contributed by atoms with van der Waals surface area (Å²) in [6.45, 7) is 1.89. The van der Waals surface area contributed by atoms with Gasteiger partial charge in [0.2, 0.25) is 0 Å². The second kappa shape index (κ2) is 7.25. The summed E-state index contributed by atoms with van der Waals surface area (Å²) < 4.78 is 5.07. The van der Waals surface area contributed by atoms with E-state index >= 15 is 0 Å². The van der Waals surface area contributed by atoms with Crippen LogP contribution in [0.5, 0.6) is 5.75 Å². The number of thioether (sulfide) groups is 1. The molecule has 0 radical (unpaired) electrons. The Morgan fingerprint density at radius 1 is 1.53 bits per heavy atom. The fourth-order valence-corrected chi connectivity index (χ4v) is 2.23. The smallest absolute Gasteiger partial charge is 0.319 e. The van der Waals surface area contributed by atoms with E-state index in [0.717, 1.165) is 0 Å². The standard InChI is InChI=1S/C13H20N2O3S/c1-13(17,9-19-3)8-14-12(16)15-10-5-4-6-11(7-10)18-2/h4-7,17H,8-9H2,1-3H3,(H2,14,15,16)/t13-/m0/s1. The Bertz CT molecular complexity index is 424. The molecule has 1 aromatic carbocycles. The van der Waals surface area contributed by atoms with Crippen LogP contribution in [-0.2, 0) is 0 Å². The van der Waals surface area contributed by atoms with Gasteiger partial charge >= 0.3 is 6.03 Å². The van der Waals surface area contributed by atoms with Crippen LogP contribution in [0.3, 0.4) is 0 Å². The Morgan fingerprint density at radius 3 is 2.89 bits per heavy atom. The van der Waals surface area contributed by atoms with Crippen molar-refractivity contribution in [2.45, 2.75) is 12.5 Å². The summed E-state index contributed by atoms with van der Waals surface area (Å²) in [4.78, 5) is 11.7. The predicted molar refractivity (Wildman–Crippen MR) is 79.0 cm³/mol. The molecule has 3 N–H and O–H groups in total. The van der Waals surface area contributed by atoms with Crippen LogP contribution < -0.4 is 15.4 Å². The van der Waals surface area contributed by atoms with Crippen molar-refractivity contribution >= 4 is 23.5 Å². The van der Waals surface area contributed by atoms with Gasteiger partial charge in [-0.15, -0.1) is 0 Å². The third-order valence-electron chi connectivity index (χ3n) is 2.41. The molecule has 1 aromatic rings. The lowest BCUT2D eigenvalue weighted by atomic mass is 10.1. The average molecular weight is 284 g/mol. The third-order valence-corrected chi connectivity index (χ3v) is 3.32. The lowest BCUT2D eigenvalue weighted by molar-refractivity contribution is 0.0876. The first-order valence-corrected chi connectivity index (χ1v) is 7.26. The van der Waals surface area contributed by atoms with Gasteiger partial charge < -0.3 is 20.5 Å². The first-order chi connectivity index (χ1) is 8.96. The number of hydrogen-bond donors (Lipinski definition) is 3. The average Bonchev–Trinajstić information content (AvgIpc) is 2.37. The van der Waals surface area contributed by atoms with Crippen LogP contribution in [0.25, 0.3) is 0 Å². The lowest BCUT2D eigenvalue weighted by Crippen LogP contribution is -2.43. The van der Waals surface area contributed by atoms with Crippen molar-refractivity contribution in [3.05, 3.63) is 24.3 Å². The molecule has 0 aliphatic carbocycles. The maximum Gasteiger partial charge on any atom is 0.319 e. The van der Waals surface area contributed by atoms with E-state index < -0.39 is 5.60 Å². The largest absolute Gasteiger partial charge is 0.497 e. The van der Waals surface area contributed by atoms with Gasteiger partial charge in [-0.3, -0.25) is 0 Å². The van der Waals surface area contributed by atoms with Crippen molar-refractivity contribution in [3.8, 4) is 5.75 Å². The van der Waals surface area contributed by atoms with E-state index in [9.17, 15) is 9.90 Å². The molecule has 5 nitrogen and oxygen atoms in total. The van der Waals surface area contributed by atoms with Gasteiger partial charge in [0.25, 0.3) is 0 Å². The second-order valence-electron chi connectivity index (χ2n) is 4.47. The minimum Gasteiger partial charge on any atom is -0.497 e. The molecule has 1 rings (SSSR count). The number of urea groups is 1. The molecule has 0 aliphatic rings. The Balaban J connectivity index is 2.46. The number of nitrogens with one attached hydrogen (secondary N) is 2. The first-order valence-electron chi connectivity index (χ1n) is 5.87. The molecule has 2 amide bonds. The molecule has 106 valence electrons. The summed E-state index contributed by atoms with van der Waals surface area (Å²) in [5, 5.41) is 15.3. The highest BCUT2D eigenvalue weighted by Gasteiger charge is 2.20. The van der Waals surface area contributed by atoms with Gasteiger partial charge in [-0.05, 0) is 25.3 Å². The van der Waals surface area contributed by atoms with Gasteiger partial charge in [0.15, 0.2) is 0 Å². The van der Waals surface area contributed by atoms with Crippen LogP contribution in [0.4, 0.5) is 10.5 Å². The predicted octanol–water partition coefficient (Wildman–Crippen LogP) is 1.93. The molecule has 6 heteroatoms. The first kappa shape index (κ1) is 15.7. The van der Waals surface area contributed by atoms with Gasteiger partial charge in [0.05, 0.1) is 12.7 Å². The quantitative estimate of drug-likeness (QED) is 0.746. The zero-order valence-corrected chi connectivity index (χ0v) is 12.2. The summed E-state index contributed by atoms with van der Waals surface area (Å²) in [6.07, 6.45) is 1.91. The van der Waals surface area contributed by atoms with Gasteiger partial charge in [0, 0.05) is 24.1 Å². The van der Waals surface area contributed by atoms with Gasteiger partial charge in [-0.25, -0.2) is 4.79 Å². The Morgan fingerprint density at radius 2 is 2.26 bits per heavy atom. The molecule has 0 aliphatic heterocycles. The number of hydrogen-bond acceptors (Lipinski definition) is 4. The highest BCUT2D eigenvalue weighted by atomic mass is 32.2. The summed E-state index contributed by atoms with van der Waals surface area (Å²) >= 11 is 1.53. The molecular weight excluding hydrogens is 264 g/mol. The molecule has 0 aromatic heterocycles. The molecule has 0 unspecified atom stereocenters. The zero-order valence-electron chi connectivity index (χ0n) is 11.4. The fraction of sp³-hybridized carbons (Fsp3) is 0.462. The number of methoxy groups -OCH3 is 1. The van der Waals surface area contributed by atoms with Crippen LogP contribution in [0.2, 0.25) is 0 Å². The third kappa shape index (κ3) is 5.85. The van der Waals surface area contributed by atoms with E-state index in [2.05, 4.69) is 10.6 Å². The molecule has 19 heavy (non-hydrogen) atoms. The van der Waals surface area contributed by atoms with Crippen LogP contribution in [0.1, 0.15) is 6.92 Å². The molecule has 0 fully saturated rings. The topological polar surface area (TPSA) is 70.6 Å². The van der Waals surface area contributed by atoms with Crippen molar-refractivity contribution in [1.29, 1.82) is 0 Å². The summed E-state index contributed by atoms with van der Waals surface area (Å²) in [5.74, 6) is 1.24. The molecule has 0 heterocycles. The number of rotatable bonds is 6. The normalized spacial score (nSPS) is 13.5. The molecular formula is C13H20N2O3S. The second-order valence-corrected chi connectivity index (χ2v) is 5.34. The van der Waals surface area contributed by atoms with Crippen LogP contribution in [0, 0.1) is 0 Å². The molecule has 0 saturated heterocycles. The van der Waals surface area contributed by atoms with Crippen LogP contribution >= 0.6 is 11.8 Å². The number of carbonyl (C=O) groups excluding carboxylic acids is 1. The van der Waals surface area contributed by atoms with Gasteiger partial charge in [-0.1, -0.05) is 6.07 Å². The van der Waals surface area contributed by atoms with Crippen molar-refractivity contribution < 1.29 is 14.6 Å². The van der Waals surface area contributed by atoms with E-state index in [-0.39, 0.29) is 12.6 Å². The number of carbonyl (C=O) groups is 1. The maximum atomic E-state index is 11.7. The maximum absolute atomic E-state index is 11.7. The van der Waals surface area contributed by atoms with Crippen molar-refractivity contribution in [1.82, 2.24) is 5.32 Å². The number of benzene rings is 1. The van der Waals surface area contributed by atoms with Crippen molar-refractivity contribution in [3.63, 3.8) is 0 Å². The highest BCUT2D eigenvalue weighted by molar-refractivity contribution is 7.98. The van der Waals surface area contributed by atoms with Gasteiger partial charge in [0.1, 0.15) is 5.75 Å². The summed E-state index contributed by atoms with van der Waals surface area (Å²) in [6, 6.07) is 6.72. The monoisotopic (exact) mass is 284 g/mol. The molecule has 1 atom stereocenters.